The van der Waals surface area contributed by atoms with Gasteiger partial charge in [-0.2, -0.15) is 26.3 Å². The molecule has 3 heterocycles. The van der Waals surface area contributed by atoms with Crippen LogP contribution in [0.2, 0.25) is 20.1 Å². The van der Waals surface area contributed by atoms with Crippen molar-refractivity contribution in [3.8, 4) is 0 Å². The topological polar surface area (TPSA) is 128 Å². The Balaban J connectivity index is 0.000000219. The molecule has 4 aromatic rings. The van der Waals surface area contributed by atoms with E-state index in [1.165, 1.54) is 43.5 Å². The summed E-state index contributed by atoms with van der Waals surface area (Å²) in [7, 11) is 1.25. The van der Waals surface area contributed by atoms with Crippen molar-refractivity contribution in [1.29, 1.82) is 0 Å². The number of hydrazine groups is 1. The Hall–Kier alpha value is -4.10. The molecule has 0 aliphatic carbocycles. The second-order valence-corrected chi connectivity index (χ2v) is 16.5. The molecule has 2 atom stereocenters. The van der Waals surface area contributed by atoms with E-state index < -0.39 is 42.4 Å². The number of nitrogens with one attached hydrogen (secondary N) is 1. The first-order valence-corrected chi connectivity index (χ1v) is 21.5. The molecule has 0 aromatic heterocycles. The first-order chi connectivity index (χ1) is 29.6. The zero-order valence-electron chi connectivity index (χ0n) is 33.5. The summed E-state index contributed by atoms with van der Waals surface area (Å²) in [5.41, 5.74) is 4.99. The number of methoxy groups -OCH3 is 1. The monoisotopic (exact) mass is 1030 g/mol. The van der Waals surface area contributed by atoms with Gasteiger partial charge >= 0.3 is 18.3 Å². The van der Waals surface area contributed by atoms with Crippen LogP contribution in [0.1, 0.15) is 87.2 Å². The van der Waals surface area contributed by atoms with Crippen molar-refractivity contribution < 1.29 is 50.3 Å². The summed E-state index contributed by atoms with van der Waals surface area (Å²) in [6, 6.07) is 16.7. The number of benzene rings is 4. The number of nitrogens with zero attached hydrogens (tertiary/aromatic N) is 3. The number of carbonyl (C=O) groups is 2. The van der Waals surface area contributed by atoms with Crippen molar-refractivity contribution in [2.45, 2.75) is 68.5 Å². The largest absolute Gasteiger partial charge is 0.465 e. The van der Waals surface area contributed by atoms with Crippen LogP contribution in [0.5, 0.6) is 0 Å². The molecule has 3 N–H and O–H groups in total. The fraction of sp³-hybridized carbons (Fsp3) is 0.333. The molecule has 0 spiro atoms. The molecule has 10 nitrogen and oxygen atoms in total. The molecule has 21 heteroatoms. The molecule has 7 rings (SSSR count). The van der Waals surface area contributed by atoms with E-state index in [-0.39, 0.29) is 48.5 Å². The lowest BCUT2D eigenvalue weighted by molar-refractivity contribution is -0.276. The molecular formula is C42H38BrCl4F6N5O5. The van der Waals surface area contributed by atoms with Crippen LogP contribution in [-0.2, 0) is 37.5 Å². The van der Waals surface area contributed by atoms with Crippen molar-refractivity contribution in [3.05, 3.63) is 137 Å². The summed E-state index contributed by atoms with van der Waals surface area (Å²) in [4.78, 5) is 34.0. The Morgan fingerprint density at radius 1 is 0.810 bits per heavy atom. The number of carbonyl (C=O) groups excluding carboxylic acids is 2. The van der Waals surface area contributed by atoms with Crippen molar-refractivity contribution in [2.75, 3.05) is 20.2 Å². The van der Waals surface area contributed by atoms with Crippen LogP contribution in [0.4, 0.5) is 26.3 Å². The molecule has 0 saturated heterocycles. The summed E-state index contributed by atoms with van der Waals surface area (Å²) in [6.07, 6.45) is -9.57. The zero-order valence-corrected chi connectivity index (χ0v) is 38.1. The highest BCUT2D eigenvalue weighted by atomic mass is 79.9. The molecule has 0 saturated carbocycles. The maximum Gasteiger partial charge on any atom is 0.435 e. The molecule has 1 amide bonds. The third-order valence-electron chi connectivity index (χ3n) is 9.99. The smallest absolute Gasteiger partial charge is 0.435 e. The summed E-state index contributed by atoms with van der Waals surface area (Å²) >= 11 is 26.9. The number of esters is 1. The quantitative estimate of drug-likeness (QED) is 0.102. The van der Waals surface area contributed by atoms with Gasteiger partial charge in [-0.25, -0.2) is 9.80 Å². The lowest BCUT2D eigenvalue weighted by Crippen LogP contribution is -2.45. The second-order valence-electron chi connectivity index (χ2n) is 14.2. The van der Waals surface area contributed by atoms with Crippen molar-refractivity contribution >= 4 is 85.6 Å². The fourth-order valence-corrected chi connectivity index (χ4v) is 8.17. The molecule has 0 bridgehead atoms. The fourth-order valence-electron chi connectivity index (χ4n) is 6.65. The predicted molar refractivity (Wildman–Crippen MR) is 233 cm³/mol. The molecule has 63 heavy (non-hydrogen) atoms. The average molecular weight is 1030 g/mol. The highest BCUT2D eigenvalue weighted by Gasteiger charge is 2.63. The van der Waals surface area contributed by atoms with Crippen LogP contribution in [0.25, 0.3) is 0 Å². The van der Waals surface area contributed by atoms with E-state index in [9.17, 15) is 35.9 Å². The Morgan fingerprint density at radius 2 is 1.27 bits per heavy atom. The maximum absolute atomic E-state index is 14.1. The van der Waals surface area contributed by atoms with Crippen LogP contribution in [0.15, 0.2) is 83.1 Å². The SMILES string of the molecule is CCCN.CCN1Cc2cc(C3=NOC(c4cc(Cl)cc(Cl)c4)(C(F)(F)F)C3)ccc2C(=O)N1.COC(=O)c1ccc(C2=NOC(c3cc(Cl)cc(Cl)c3)(C(F)(F)F)C2)cc1CBr. The standard InChI is InChI=1S/C20H16Cl2F3N3O2.C19H13BrCl2F3NO3.C3H9N/c1-2-28-10-12-5-11(3-4-16(12)18(29)26-28)17-9-19(30-27-17,20(23,24)25)13-6-14(21)8-15(22)7-13;1-28-17(27)15-3-2-10(4-11(15)9-20)16-8-18(29-26-16,19(23,24)25)12-5-13(21)7-14(22)6-12;1-2-3-4/h3-8H,2,9-10H2,1H3,(H,26,29);2-7H,8-9H2,1H3;2-4H2,1H3. The number of oxime groups is 2. The van der Waals surface area contributed by atoms with Gasteiger partial charge in [-0.05, 0) is 95.9 Å². The number of nitrogens with two attached hydrogens (primary N) is 1. The van der Waals surface area contributed by atoms with Crippen molar-refractivity contribution in [2.24, 2.45) is 16.0 Å². The van der Waals surface area contributed by atoms with Crippen LogP contribution in [0, 0.1) is 0 Å². The normalized spacial score (nSPS) is 19.5. The zero-order chi connectivity index (χ0) is 46.5. The number of fused-ring (bicyclic) bond motifs is 1. The van der Waals surface area contributed by atoms with E-state index >= 15 is 0 Å². The van der Waals surface area contributed by atoms with E-state index in [2.05, 4.69) is 38.6 Å². The molecule has 0 radical (unpaired) electrons. The van der Waals surface area contributed by atoms with Gasteiger partial charge in [0, 0.05) is 68.0 Å². The molecule has 338 valence electrons. The van der Waals surface area contributed by atoms with Crippen LogP contribution in [0.3, 0.4) is 0 Å². The average Bonchev–Trinajstić information content (AvgIpc) is 3.91. The minimum absolute atomic E-state index is 0.0529. The first kappa shape index (κ1) is 49.9. The molecule has 3 aliphatic rings. The van der Waals surface area contributed by atoms with Crippen molar-refractivity contribution in [3.63, 3.8) is 0 Å². The number of alkyl halides is 7. The second kappa shape index (κ2) is 20.4. The maximum atomic E-state index is 14.1. The Kier molecular flexibility index (Phi) is 16.1. The van der Waals surface area contributed by atoms with E-state index in [1.54, 1.807) is 29.3 Å². The number of halogens is 11. The molecule has 4 aromatic carbocycles. The van der Waals surface area contributed by atoms with E-state index in [0.717, 1.165) is 25.1 Å². The minimum atomic E-state index is -4.78. The summed E-state index contributed by atoms with van der Waals surface area (Å²) < 4.78 is 89.3. The summed E-state index contributed by atoms with van der Waals surface area (Å²) in [5.74, 6) is -0.804. The Bertz CT molecular complexity index is 2380. The van der Waals surface area contributed by atoms with E-state index in [1.807, 2.05) is 6.92 Å². The molecule has 0 fully saturated rings. The van der Waals surface area contributed by atoms with Crippen LogP contribution >= 0.6 is 62.3 Å². The van der Waals surface area contributed by atoms with E-state index in [4.69, 9.17) is 66.5 Å². The first-order valence-electron chi connectivity index (χ1n) is 18.9. The van der Waals surface area contributed by atoms with Crippen molar-refractivity contribution in [1.82, 2.24) is 10.4 Å². The number of hydrogen-bond donors (Lipinski definition) is 2. The number of rotatable bonds is 8. The van der Waals surface area contributed by atoms with E-state index in [0.29, 0.717) is 51.8 Å². The number of amides is 1. The van der Waals surface area contributed by atoms with Gasteiger partial charge in [-0.15, -0.1) is 0 Å². The highest BCUT2D eigenvalue weighted by molar-refractivity contribution is 9.08. The van der Waals surface area contributed by atoms with Gasteiger partial charge < -0.3 is 20.1 Å². The lowest BCUT2D eigenvalue weighted by atomic mass is 9.86. The Morgan fingerprint density at radius 3 is 1.68 bits per heavy atom. The van der Waals surface area contributed by atoms with Gasteiger partial charge in [0.15, 0.2) is 0 Å². The molecule has 3 aliphatic heterocycles. The third-order valence-corrected chi connectivity index (χ3v) is 11.5. The van der Waals surface area contributed by atoms with Gasteiger partial charge in [-0.3, -0.25) is 10.2 Å². The number of ether oxygens (including phenoxy) is 1. The highest BCUT2D eigenvalue weighted by Crippen LogP contribution is 2.51. The summed E-state index contributed by atoms with van der Waals surface area (Å²) in [6.45, 7) is 5.79. The van der Waals surface area contributed by atoms with Crippen LogP contribution < -0.4 is 11.2 Å². The number of hydrogen-bond acceptors (Lipinski definition) is 9. The Labute approximate surface area is 386 Å². The summed E-state index contributed by atoms with van der Waals surface area (Å²) in [5, 5.41) is 9.73. The predicted octanol–water partition coefficient (Wildman–Crippen LogP) is 11.7. The van der Waals surface area contributed by atoms with Gasteiger partial charge in [0.2, 0.25) is 0 Å². The lowest BCUT2D eigenvalue weighted by Gasteiger charge is -2.30. The molecule has 2 unspecified atom stereocenters. The van der Waals surface area contributed by atoms with Gasteiger partial charge in [0.25, 0.3) is 17.1 Å². The van der Waals surface area contributed by atoms with Gasteiger partial charge in [0.05, 0.1) is 24.1 Å². The van der Waals surface area contributed by atoms with Gasteiger partial charge in [0.1, 0.15) is 0 Å². The van der Waals surface area contributed by atoms with Gasteiger partial charge in [-0.1, -0.05) is 98.6 Å². The molecular weight excluding hydrogens is 990 g/mol. The third kappa shape index (κ3) is 10.9. The van der Waals surface area contributed by atoms with Crippen LogP contribution in [-0.4, -0.2) is 60.9 Å². The minimum Gasteiger partial charge on any atom is -0.465 e.